The molecule has 0 aliphatic rings. The van der Waals surface area contributed by atoms with E-state index >= 15 is 0 Å². The van der Waals surface area contributed by atoms with Gasteiger partial charge in [0.05, 0.1) is 0 Å². The van der Waals surface area contributed by atoms with Gasteiger partial charge in [0.2, 0.25) is 0 Å². The smallest absolute Gasteiger partial charge is 0.275 e. The number of aromatic nitrogens is 4. The number of H-pyrrole nitrogens is 4. The molecule has 2 aromatic rings. The molecule has 106 valence electrons. The van der Waals surface area contributed by atoms with E-state index in [1.165, 1.54) is 0 Å². The maximum absolute atomic E-state index is 11.9. The van der Waals surface area contributed by atoms with Gasteiger partial charge in [-0.25, -0.2) is 0 Å². The topological polar surface area (TPSA) is 131 Å². The lowest BCUT2D eigenvalue weighted by Gasteiger charge is -1.98. The van der Waals surface area contributed by atoms with Crippen molar-refractivity contribution in [1.82, 2.24) is 20.4 Å². The molecule has 2 rings (SSSR count). The highest BCUT2D eigenvalue weighted by molar-refractivity contribution is 6.02. The van der Waals surface area contributed by atoms with Crippen molar-refractivity contribution in [3.63, 3.8) is 0 Å². The molecule has 8 nitrogen and oxygen atoms in total. The van der Waals surface area contributed by atoms with Crippen LogP contribution in [0.25, 0.3) is 0 Å². The third-order valence-electron chi connectivity index (χ3n) is 3.07. The van der Waals surface area contributed by atoms with E-state index in [1.807, 2.05) is 0 Å². The van der Waals surface area contributed by atoms with Crippen molar-refractivity contribution < 1.29 is 9.59 Å². The van der Waals surface area contributed by atoms with E-state index in [4.69, 9.17) is 0 Å². The average Bonchev–Trinajstić information content (AvgIpc) is 2.89. The van der Waals surface area contributed by atoms with Crippen LogP contribution in [0.3, 0.4) is 0 Å². The molecule has 0 saturated heterocycles. The lowest BCUT2D eigenvalue weighted by atomic mass is 10.0. The molecule has 0 amide bonds. The number of carbonyl (C=O) groups is 2. The first kappa shape index (κ1) is 13.8. The van der Waals surface area contributed by atoms with Crippen molar-refractivity contribution in [2.24, 2.45) is 0 Å². The SMILES string of the molecule is Cc1[nH][nH]c(=O)c1C(=O)CCC(=O)c1c(C)[nH][nH]c1=O. The van der Waals surface area contributed by atoms with Crippen molar-refractivity contribution in [2.75, 3.05) is 0 Å². The molecular weight excluding hydrogens is 264 g/mol. The number of hydrogen-bond acceptors (Lipinski definition) is 4. The van der Waals surface area contributed by atoms with E-state index in [0.29, 0.717) is 11.4 Å². The monoisotopic (exact) mass is 278 g/mol. The van der Waals surface area contributed by atoms with Gasteiger partial charge in [-0.2, -0.15) is 0 Å². The first-order valence-electron chi connectivity index (χ1n) is 6.02. The van der Waals surface area contributed by atoms with E-state index in [0.717, 1.165) is 0 Å². The minimum atomic E-state index is -0.504. The Bertz CT molecular complexity index is 708. The lowest BCUT2D eigenvalue weighted by Crippen LogP contribution is -2.17. The largest absolute Gasteiger partial charge is 0.302 e. The summed E-state index contributed by atoms with van der Waals surface area (Å²) in [4.78, 5) is 46.6. The number of aromatic amines is 4. The van der Waals surface area contributed by atoms with Crippen LogP contribution < -0.4 is 11.1 Å². The molecule has 0 atom stereocenters. The zero-order valence-electron chi connectivity index (χ0n) is 11.0. The van der Waals surface area contributed by atoms with Crippen LogP contribution >= 0.6 is 0 Å². The van der Waals surface area contributed by atoms with Crippen molar-refractivity contribution in [1.29, 1.82) is 0 Å². The van der Waals surface area contributed by atoms with Crippen molar-refractivity contribution in [2.45, 2.75) is 26.7 Å². The van der Waals surface area contributed by atoms with Crippen LogP contribution in [-0.2, 0) is 0 Å². The number of hydrogen-bond donors (Lipinski definition) is 4. The second kappa shape index (κ2) is 5.16. The summed E-state index contributed by atoms with van der Waals surface area (Å²) in [6.07, 6.45) is -0.241. The predicted molar refractivity (Wildman–Crippen MR) is 70.2 cm³/mol. The Kier molecular flexibility index (Phi) is 3.55. The average molecular weight is 278 g/mol. The summed E-state index contributed by atoms with van der Waals surface area (Å²) in [5.74, 6) is -0.856. The molecule has 0 bridgehead atoms. The van der Waals surface area contributed by atoms with Gasteiger partial charge < -0.3 is 10.2 Å². The first-order valence-corrected chi connectivity index (χ1v) is 6.02. The van der Waals surface area contributed by atoms with Crippen LogP contribution in [0.1, 0.15) is 44.9 Å². The highest BCUT2D eigenvalue weighted by atomic mass is 16.2. The number of nitrogens with one attached hydrogen (secondary N) is 4. The molecule has 0 saturated carbocycles. The zero-order valence-corrected chi connectivity index (χ0v) is 11.0. The molecule has 0 aromatic carbocycles. The van der Waals surface area contributed by atoms with Gasteiger partial charge in [-0.1, -0.05) is 0 Å². The van der Waals surface area contributed by atoms with E-state index in [1.54, 1.807) is 13.8 Å². The summed E-state index contributed by atoms with van der Waals surface area (Å²) in [6, 6.07) is 0. The second-order valence-corrected chi connectivity index (χ2v) is 4.50. The molecule has 0 aliphatic heterocycles. The predicted octanol–water partition coefficient (Wildman–Crippen LogP) is 0.182. The lowest BCUT2D eigenvalue weighted by molar-refractivity contribution is 0.0915. The summed E-state index contributed by atoms with van der Waals surface area (Å²) in [7, 11) is 0. The van der Waals surface area contributed by atoms with Gasteiger partial charge in [0, 0.05) is 24.2 Å². The van der Waals surface area contributed by atoms with E-state index < -0.39 is 22.7 Å². The zero-order chi connectivity index (χ0) is 14.9. The fourth-order valence-corrected chi connectivity index (χ4v) is 2.04. The van der Waals surface area contributed by atoms with Crippen LogP contribution in [0.5, 0.6) is 0 Å². The molecular formula is C12H14N4O4. The Morgan fingerprint density at radius 3 is 1.35 bits per heavy atom. The number of aryl methyl sites for hydroxylation is 2. The fourth-order valence-electron chi connectivity index (χ4n) is 2.04. The highest BCUT2D eigenvalue weighted by Gasteiger charge is 2.20. The van der Waals surface area contributed by atoms with Crippen molar-refractivity contribution in [3.05, 3.63) is 43.2 Å². The molecule has 4 N–H and O–H groups in total. The number of ketones is 2. The van der Waals surface area contributed by atoms with Gasteiger partial charge in [0.25, 0.3) is 11.1 Å². The second-order valence-electron chi connectivity index (χ2n) is 4.50. The fraction of sp³-hybridized carbons (Fsp3) is 0.333. The van der Waals surface area contributed by atoms with E-state index in [2.05, 4.69) is 20.4 Å². The molecule has 8 heteroatoms. The summed E-state index contributed by atoms with van der Waals surface area (Å²) >= 11 is 0. The van der Waals surface area contributed by atoms with Crippen LogP contribution in [0.2, 0.25) is 0 Å². The Morgan fingerprint density at radius 1 is 0.750 bits per heavy atom. The summed E-state index contributed by atoms with van der Waals surface area (Å²) in [5, 5.41) is 9.71. The van der Waals surface area contributed by atoms with Crippen molar-refractivity contribution in [3.8, 4) is 0 Å². The third kappa shape index (κ3) is 2.40. The molecule has 0 unspecified atom stereocenters. The van der Waals surface area contributed by atoms with E-state index in [-0.39, 0.29) is 24.0 Å². The first-order chi connectivity index (χ1) is 9.41. The summed E-state index contributed by atoms with van der Waals surface area (Å²) in [5.41, 5.74) is -0.0903. The van der Waals surface area contributed by atoms with E-state index in [9.17, 15) is 19.2 Å². The Hall–Kier alpha value is -2.64. The number of carbonyl (C=O) groups excluding carboxylic acids is 2. The molecule has 2 aromatic heterocycles. The van der Waals surface area contributed by atoms with Crippen LogP contribution in [0.15, 0.2) is 9.59 Å². The minimum absolute atomic E-state index is 0.0255. The minimum Gasteiger partial charge on any atom is -0.302 e. The molecule has 20 heavy (non-hydrogen) atoms. The van der Waals surface area contributed by atoms with Crippen LogP contribution in [-0.4, -0.2) is 32.0 Å². The Labute approximate surface area is 112 Å². The Morgan fingerprint density at radius 2 is 1.10 bits per heavy atom. The molecule has 0 aliphatic carbocycles. The van der Waals surface area contributed by atoms with Gasteiger partial charge in [-0.05, 0) is 13.8 Å². The molecule has 0 spiro atoms. The Balaban J connectivity index is 2.10. The van der Waals surface area contributed by atoms with Gasteiger partial charge in [-0.15, -0.1) is 0 Å². The summed E-state index contributed by atoms with van der Waals surface area (Å²) < 4.78 is 0. The normalized spacial score (nSPS) is 10.7. The van der Waals surface area contributed by atoms with Crippen LogP contribution in [0, 0.1) is 13.8 Å². The van der Waals surface area contributed by atoms with Gasteiger partial charge >= 0.3 is 0 Å². The molecule has 0 radical (unpaired) electrons. The quantitative estimate of drug-likeness (QED) is 0.581. The summed E-state index contributed by atoms with van der Waals surface area (Å²) in [6.45, 7) is 3.18. The number of Topliss-reactive ketones (excluding diaryl/α,β-unsaturated/α-hetero) is 2. The third-order valence-corrected chi connectivity index (χ3v) is 3.07. The van der Waals surface area contributed by atoms with Crippen LogP contribution in [0.4, 0.5) is 0 Å². The van der Waals surface area contributed by atoms with Crippen molar-refractivity contribution >= 4 is 11.6 Å². The maximum Gasteiger partial charge on any atom is 0.275 e. The van der Waals surface area contributed by atoms with Gasteiger partial charge in [0.15, 0.2) is 11.6 Å². The van der Waals surface area contributed by atoms with Gasteiger partial charge in [0.1, 0.15) is 11.1 Å². The molecule has 0 fully saturated rings. The standard InChI is InChI=1S/C12H14N4O4/c1-5-9(11(19)15-13-5)7(17)3-4-8(18)10-6(2)14-16-12(10)20/h3-4H2,1-2H3,(H2,13,15,19)(H2,14,16,20). The highest BCUT2D eigenvalue weighted by Crippen LogP contribution is 2.08. The maximum atomic E-state index is 11.9. The number of rotatable bonds is 5. The van der Waals surface area contributed by atoms with Gasteiger partial charge in [-0.3, -0.25) is 29.4 Å². The molecule has 2 heterocycles.